The molecule has 3 heteroatoms. The van der Waals surface area contributed by atoms with Crippen molar-refractivity contribution in [1.82, 2.24) is 5.32 Å². The molecule has 78 valence electrons. The zero-order valence-corrected chi connectivity index (χ0v) is 9.34. The maximum atomic E-state index is 11.5. The van der Waals surface area contributed by atoms with Gasteiger partial charge in [-0.1, -0.05) is 0 Å². The summed E-state index contributed by atoms with van der Waals surface area (Å²) in [5.74, 6) is 3.66. The highest BCUT2D eigenvalue weighted by Crippen LogP contribution is 2.65. The van der Waals surface area contributed by atoms with Crippen molar-refractivity contribution in [2.45, 2.75) is 37.5 Å². The lowest BCUT2D eigenvalue weighted by Crippen LogP contribution is -2.34. The Morgan fingerprint density at radius 2 is 1.93 bits per heavy atom. The third-order valence-electron chi connectivity index (χ3n) is 4.42. The Kier molecular flexibility index (Phi) is 1.88. The summed E-state index contributed by atoms with van der Waals surface area (Å²) in [5, 5.41) is 2.98. The highest BCUT2D eigenvalue weighted by molar-refractivity contribution is 7.81. The molecule has 0 aromatic rings. The van der Waals surface area contributed by atoms with Crippen molar-refractivity contribution >= 4 is 18.5 Å². The highest BCUT2D eigenvalue weighted by atomic mass is 32.1. The fraction of sp³-hybridized carbons (Fsp3) is 0.909. The first-order chi connectivity index (χ1) is 6.68. The van der Waals surface area contributed by atoms with Crippen LogP contribution in [0, 0.1) is 23.7 Å². The number of amides is 1. The van der Waals surface area contributed by atoms with Gasteiger partial charge in [-0.2, -0.15) is 12.6 Å². The number of nitrogens with one attached hydrogen (secondary N) is 1. The summed E-state index contributed by atoms with van der Waals surface area (Å²) in [6.07, 6.45) is 4.27. The number of rotatable bonds is 2. The van der Waals surface area contributed by atoms with Crippen LogP contribution in [0.15, 0.2) is 0 Å². The average molecular weight is 211 g/mol. The van der Waals surface area contributed by atoms with Crippen LogP contribution < -0.4 is 5.32 Å². The van der Waals surface area contributed by atoms with E-state index in [2.05, 4.69) is 17.9 Å². The fourth-order valence-electron chi connectivity index (χ4n) is 3.80. The van der Waals surface area contributed by atoms with Crippen molar-refractivity contribution in [3.05, 3.63) is 0 Å². The van der Waals surface area contributed by atoms with Gasteiger partial charge in [-0.3, -0.25) is 4.79 Å². The molecule has 5 unspecified atom stereocenters. The van der Waals surface area contributed by atoms with Crippen molar-refractivity contribution in [3.63, 3.8) is 0 Å². The maximum Gasteiger partial charge on any atom is 0.232 e. The molecular weight excluding hydrogens is 194 g/mol. The Hall–Kier alpha value is -0.180. The minimum Gasteiger partial charge on any atom is -0.352 e. The van der Waals surface area contributed by atoms with Crippen molar-refractivity contribution in [2.24, 2.45) is 23.7 Å². The predicted molar refractivity (Wildman–Crippen MR) is 58.2 cm³/mol. The largest absolute Gasteiger partial charge is 0.352 e. The van der Waals surface area contributed by atoms with E-state index in [4.69, 9.17) is 0 Å². The molecule has 0 aromatic carbocycles. The molecule has 0 saturated heterocycles. The second-order valence-electron chi connectivity index (χ2n) is 5.20. The van der Waals surface area contributed by atoms with Gasteiger partial charge in [0.25, 0.3) is 0 Å². The Bertz CT molecular complexity index is 262. The third kappa shape index (κ3) is 1.14. The number of carbonyl (C=O) groups excluding carboxylic acids is 1. The molecule has 3 aliphatic rings. The van der Waals surface area contributed by atoms with Crippen LogP contribution in [0.4, 0.5) is 0 Å². The number of fused-ring (bicyclic) bond motifs is 5. The van der Waals surface area contributed by atoms with E-state index in [1.54, 1.807) is 0 Å². The molecule has 3 aliphatic carbocycles. The lowest BCUT2D eigenvalue weighted by Gasteiger charge is -2.11. The van der Waals surface area contributed by atoms with E-state index in [1.165, 1.54) is 19.3 Å². The molecule has 3 fully saturated rings. The molecule has 0 radical (unpaired) electrons. The van der Waals surface area contributed by atoms with Crippen molar-refractivity contribution in [2.75, 3.05) is 0 Å². The van der Waals surface area contributed by atoms with Crippen molar-refractivity contribution in [1.29, 1.82) is 0 Å². The molecule has 1 amide bonds. The van der Waals surface area contributed by atoms with Gasteiger partial charge >= 0.3 is 0 Å². The lowest BCUT2D eigenvalue weighted by molar-refractivity contribution is -0.120. The molecule has 14 heavy (non-hydrogen) atoms. The Morgan fingerprint density at radius 3 is 2.43 bits per heavy atom. The number of hydrogen-bond donors (Lipinski definition) is 2. The molecule has 3 rings (SSSR count). The van der Waals surface area contributed by atoms with E-state index in [-0.39, 0.29) is 11.2 Å². The van der Waals surface area contributed by atoms with E-state index >= 15 is 0 Å². The Labute approximate surface area is 90.2 Å². The zero-order chi connectivity index (χ0) is 9.87. The molecule has 5 atom stereocenters. The molecule has 2 nitrogen and oxygen atoms in total. The van der Waals surface area contributed by atoms with Crippen LogP contribution in [-0.2, 0) is 4.79 Å². The highest BCUT2D eigenvalue weighted by Gasteiger charge is 2.65. The van der Waals surface area contributed by atoms with Gasteiger partial charge in [-0.05, 0) is 49.9 Å². The maximum absolute atomic E-state index is 11.5. The van der Waals surface area contributed by atoms with Gasteiger partial charge in [0.05, 0.1) is 5.25 Å². The van der Waals surface area contributed by atoms with Crippen LogP contribution in [0.5, 0.6) is 0 Å². The first kappa shape index (κ1) is 9.08. The van der Waals surface area contributed by atoms with E-state index in [1.807, 2.05) is 6.92 Å². The number of thiol groups is 1. The standard InChI is InChI=1S/C11H17NOS/c1-5(14)11(13)12-10-8-6-2-3-7(4-6)9(8)10/h5-10,14H,2-4H2,1H3,(H,12,13). The monoisotopic (exact) mass is 211 g/mol. The quantitative estimate of drug-likeness (QED) is 0.665. The number of hydrogen-bond acceptors (Lipinski definition) is 2. The molecule has 0 heterocycles. The van der Waals surface area contributed by atoms with E-state index in [9.17, 15) is 4.79 Å². The molecule has 1 N–H and O–H groups in total. The van der Waals surface area contributed by atoms with Crippen molar-refractivity contribution < 1.29 is 4.79 Å². The van der Waals surface area contributed by atoms with Gasteiger partial charge in [0.15, 0.2) is 0 Å². The van der Waals surface area contributed by atoms with Crippen LogP contribution in [-0.4, -0.2) is 17.2 Å². The first-order valence-electron chi connectivity index (χ1n) is 5.67. The summed E-state index contributed by atoms with van der Waals surface area (Å²) in [5.41, 5.74) is 0. The van der Waals surface area contributed by atoms with Crippen molar-refractivity contribution in [3.8, 4) is 0 Å². The minimum absolute atomic E-state index is 0.118. The van der Waals surface area contributed by atoms with Gasteiger partial charge in [-0.25, -0.2) is 0 Å². The van der Waals surface area contributed by atoms with Crippen LogP contribution in [0.3, 0.4) is 0 Å². The molecule has 0 aromatic heterocycles. The summed E-state index contributed by atoms with van der Waals surface area (Å²) >= 11 is 4.15. The average Bonchev–Trinajstić information content (AvgIpc) is 2.59. The number of carbonyl (C=O) groups is 1. The summed E-state index contributed by atoms with van der Waals surface area (Å²) in [6, 6.07) is 0.517. The van der Waals surface area contributed by atoms with E-state index in [0.717, 1.165) is 23.7 Å². The van der Waals surface area contributed by atoms with Gasteiger partial charge in [0.2, 0.25) is 5.91 Å². The van der Waals surface area contributed by atoms with E-state index < -0.39 is 0 Å². The van der Waals surface area contributed by atoms with Gasteiger partial charge in [0.1, 0.15) is 0 Å². The molecule has 2 bridgehead atoms. The predicted octanol–water partition coefficient (Wildman–Crippen LogP) is 1.47. The van der Waals surface area contributed by atoms with Gasteiger partial charge in [0, 0.05) is 6.04 Å². The smallest absolute Gasteiger partial charge is 0.232 e. The van der Waals surface area contributed by atoms with E-state index in [0.29, 0.717) is 6.04 Å². The molecule has 3 saturated carbocycles. The van der Waals surface area contributed by atoms with Gasteiger partial charge < -0.3 is 5.32 Å². The Morgan fingerprint density at radius 1 is 1.36 bits per heavy atom. The molecular formula is C11H17NOS. The molecule has 0 spiro atoms. The summed E-state index contributed by atoms with van der Waals surface area (Å²) in [4.78, 5) is 11.5. The third-order valence-corrected chi connectivity index (χ3v) is 4.66. The van der Waals surface area contributed by atoms with Crippen LogP contribution in [0.2, 0.25) is 0 Å². The molecule has 0 aliphatic heterocycles. The SMILES string of the molecule is CC(S)C(=O)NC1C2C3CCC(C3)C12. The lowest BCUT2D eigenvalue weighted by atomic mass is 10.0. The second-order valence-corrected chi connectivity index (χ2v) is 5.97. The summed E-state index contributed by atoms with van der Waals surface area (Å²) < 4.78 is 0. The summed E-state index contributed by atoms with van der Waals surface area (Å²) in [7, 11) is 0. The van der Waals surface area contributed by atoms with Gasteiger partial charge in [-0.15, -0.1) is 0 Å². The normalized spacial score (nSPS) is 50.0. The van der Waals surface area contributed by atoms with Crippen LogP contribution in [0.1, 0.15) is 26.2 Å². The Balaban J connectivity index is 1.61. The topological polar surface area (TPSA) is 29.1 Å². The zero-order valence-electron chi connectivity index (χ0n) is 8.44. The second kappa shape index (κ2) is 2.91. The van der Waals surface area contributed by atoms with Crippen LogP contribution >= 0.6 is 12.6 Å². The first-order valence-corrected chi connectivity index (χ1v) is 6.18. The summed E-state index contributed by atoms with van der Waals surface area (Å²) in [6.45, 7) is 1.84. The van der Waals surface area contributed by atoms with Crippen LogP contribution in [0.25, 0.3) is 0 Å². The fourth-order valence-corrected chi connectivity index (χ4v) is 3.88. The minimum atomic E-state index is -0.158.